The van der Waals surface area contributed by atoms with Crippen LogP contribution in [0.3, 0.4) is 0 Å². The topological polar surface area (TPSA) is 41.6 Å². The molecule has 2 saturated heterocycles. The van der Waals surface area contributed by atoms with Gasteiger partial charge in [-0.3, -0.25) is 4.79 Å². The Morgan fingerprint density at radius 2 is 2.22 bits per heavy atom. The highest BCUT2D eigenvalue weighted by Gasteiger charge is 2.32. The third-order valence-corrected chi connectivity index (χ3v) is 4.14. The van der Waals surface area contributed by atoms with E-state index in [2.05, 4.69) is 19.2 Å². The minimum absolute atomic E-state index is 0.165. The molecule has 3 atom stereocenters. The lowest BCUT2D eigenvalue weighted by Crippen LogP contribution is -2.53. The third kappa shape index (κ3) is 3.23. The number of rotatable bonds is 3. The second kappa shape index (κ2) is 6.53. The predicted molar refractivity (Wildman–Crippen MR) is 71.4 cm³/mol. The molecule has 3 unspecified atom stereocenters. The summed E-state index contributed by atoms with van der Waals surface area (Å²) >= 11 is 0. The highest BCUT2D eigenvalue weighted by atomic mass is 16.5. The van der Waals surface area contributed by atoms with Crippen LogP contribution < -0.4 is 5.32 Å². The number of piperidine rings is 1. The Hall–Kier alpha value is -0.610. The molecule has 2 fully saturated rings. The number of carbonyl (C=O) groups excluding carboxylic acids is 1. The van der Waals surface area contributed by atoms with Crippen molar-refractivity contribution in [3.63, 3.8) is 0 Å². The van der Waals surface area contributed by atoms with Gasteiger partial charge in [0, 0.05) is 25.7 Å². The second-order valence-electron chi connectivity index (χ2n) is 5.57. The number of ether oxygens (including phenoxy) is 1. The Balaban J connectivity index is 1.85. The molecule has 2 aliphatic heterocycles. The monoisotopic (exact) mass is 254 g/mol. The fourth-order valence-electron chi connectivity index (χ4n) is 3.05. The first-order valence-corrected chi connectivity index (χ1v) is 7.36. The van der Waals surface area contributed by atoms with Gasteiger partial charge in [0.05, 0.1) is 0 Å². The lowest BCUT2D eigenvalue weighted by molar-refractivity contribution is -0.148. The maximum absolute atomic E-state index is 12.3. The SMILES string of the molecule is CCNC1CCN(C(=O)C2CCCCO2)CC1C. The van der Waals surface area contributed by atoms with Gasteiger partial charge in [-0.1, -0.05) is 13.8 Å². The summed E-state index contributed by atoms with van der Waals surface area (Å²) in [7, 11) is 0. The molecule has 0 saturated carbocycles. The van der Waals surface area contributed by atoms with Crippen molar-refractivity contribution in [1.82, 2.24) is 10.2 Å². The van der Waals surface area contributed by atoms with Gasteiger partial charge in [0.15, 0.2) is 0 Å². The molecule has 18 heavy (non-hydrogen) atoms. The fraction of sp³-hybridized carbons (Fsp3) is 0.929. The van der Waals surface area contributed by atoms with Crippen molar-refractivity contribution in [3.05, 3.63) is 0 Å². The van der Waals surface area contributed by atoms with Crippen LogP contribution in [0.15, 0.2) is 0 Å². The van der Waals surface area contributed by atoms with Crippen LogP contribution in [0.4, 0.5) is 0 Å². The molecule has 4 heteroatoms. The largest absolute Gasteiger partial charge is 0.368 e. The van der Waals surface area contributed by atoms with Gasteiger partial charge in [-0.2, -0.15) is 0 Å². The highest BCUT2D eigenvalue weighted by molar-refractivity contribution is 5.81. The summed E-state index contributed by atoms with van der Waals surface area (Å²) in [5, 5.41) is 3.50. The average molecular weight is 254 g/mol. The number of nitrogens with one attached hydrogen (secondary N) is 1. The van der Waals surface area contributed by atoms with Crippen molar-refractivity contribution in [2.24, 2.45) is 5.92 Å². The molecule has 0 aromatic heterocycles. The van der Waals surface area contributed by atoms with E-state index in [1.54, 1.807) is 0 Å². The maximum atomic E-state index is 12.3. The molecule has 104 valence electrons. The average Bonchev–Trinajstić information content (AvgIpc) is 2.41. The van der Waals surface area contributed by atoms with Crippen LogP contribution in [0.1, 0.15) is 39.5 Å². The number of hydrogen-bond acceptors (Lipinski definition) is 3. The zero-order valence-corrected chi connectivity index (χ0v) is 11.7. The van der Waals surface area contributed by atoms with Crippen LogP contribution in [0.2, 0.25) is 0 Å². The zero-order chi connectivity index (χ0) is 13.0. The van der Waals surface area contributed by atoms with Crippen LogP contribution in [0, 0.1) is 5.92 Å². The Kier molecular flexibility index (Phi) is 5.01. The smallest absolute Gasteiger partial charge is 0.251 e. The Morgan fingerprint density at radius 1 is 1.39 bits per heavy atom. The molecule has 0 bridgehead atoms. The standard InChI is InChI=1S/C14H26N2O2/c1-3-15-12-7-8-16(10-11(12)2)14(17)13-6-4-5-9-18-13/h11-13,15H,3-10H2,1-2H3. The van der Waals surface area contributed by atoms with Crippen LogP contribution in [0.5, 0.6) is 0 Å². The molecular formula is C14H26N2O2. The van der Waals surface area contributed by atoms with E-state index in [1.165, 1.54) is 0 Å². The molecule has 1 N–H and O–H groups in total. The van der Waals surface area contributed by atoms with Crippen molar-refractivity contribution >= 4 is 5.91 Å². The van der Waals surface area contributed by atoms with Crippen LogP contribution in [0.25, 0.3) is 0 Å². The van der Waals surface area contributed by atoms with Crippen molar-refractivity contribution < 1.29 is 9.53 Å². The van der Waals surface area contributed by atoms with E-state index in [9.17, 15) is 4.79 Å². The van der Waals surface area contributed by atoms with Gasteiger partial charge in [0.2, 0.25) is 0 Å². The van der Waals surface area contributed by atoms with Crippen LogP contribution >= 0.6 is 0 Å². The Bertz CT molecular complexity index is 277. The Labute approximate surface area is 110 Å². The molecule has 0 aliphatic carbocycles. The Morgan fingerprint density at radius 3 is 2.83 bits per heavy atom. The minimum atomic E-state index is -0.165. The molecule has 0 radical (unpaired) electrons. The van der Waals surface area contributed by atoms with E-state index >= 15 is 0 Å². The van der Waals surface area contributed by atoms with Crippen LogP contribution in [-0.2, 0) is 9.53 Å². The first-order chi connectivity index (χ1) is 8.72. The lowest BCUT2D eigenvalue weighted by Gasteiger charge is -2.39. The highest BCUT2D eigenvalue weighted by Crippen LogP contribution is 2.21. The van der Waals surface area contributed by atoms with Gasteiger partial charge in [0.1, 0.15) is 6.10 Å². The molecule has 2 aliphatic rings. The molecule has 0 aromatic carbocycles. The quantitative estimate of drug-likeness (QED) is 0.828. The third-order valence-electron chi connectivity index (χ3n) is 4.14. The zero-order valence-electron chi connectivity index (χ0n) is 11.7. The van der Waals surface area contributed by atoms with Gasteiger partial charge in [-0.05, 0) is 38.1 Å². The summed E-state index contributed by atoms with van der Waals surface area (Å²) < 4.78 is 5.60. The van der Waals surface area contributed by atoms with E-state index in [0.29, 0.717) is 12.0 Å². The number of amides is 1. The molecule has 2 heterocycles. The van der Waals surface area contributed by atoms with Crippen molar-refractivity contribution in [1.29, 1.82) is 0 Å². The summed E-state index contributed by atoms with van der Waals surface area (Å²) in [5.41, 5.74) is 0. The molecule has 0 aromatic rings. The van der Waals surface area contributed by atoms with Crippen molar-refractivity contribution in [2.75, 3.05) is 26.2 Å². The number of nitrogens with zero attached hydrogens (tertiary/aromatic N) is 1. The second-order valence-corrected chi connectivity index (χ2v) is 5.57. The first-order valence-electron chi connectivity index (χ1n) is 7.36. The van der Waals surface area contributed by atoms with E-state index < -0.39 is 0 Å². The van der Waals surface area contributed by atoms with Gasteiger partial charge in [-0.15, -0.1) is 0 Å². The lowest BCUT2D eigenvalue weighted by atomic mass is 9.93. The van der Waals surface area contributed by atoms with E-state index in [4.69, 9.17) is 4.74 Å². The summed E-state index contributed by atoms with van der Waals surface area (Å²) in [6.07, 6.45) is 4.03. The fourth-order valence-corrected chi connectivity index (χ4v) is 3.05. The van der Waals surface area contributed by atoms with Gasteiger partial charge >= 0.3 is 0 Å². The summed E-state index contributed by atoms with van der Waals surface area (Å²) in [4.78, 5) is 14.4. The maximum Gasteiger partial charge on any atom is 0.251 e. The number of likely N-dealkylation sites (tertiary alicyclic amines) is 1. The molecule has 0 spiro atoms. The van der Waals surface area contributed by atoms with Gasteiger partial charge < -0.3 is 15.0 Å². The summed E-state index contributed by atoms with van der Waals surface area (Å²) in [6.45, 7) is 7.88. The first kappa shape index (κ1) is 13.8. The summed E-state index contributed by atoms with van der Waals surface area (Å²) in [6, 6.07) is 0.561. The number of carbonyl (C=O) groups is 1. The summed E-state index contributed by atoms with van der Waals surface area (Å²) in [5.74, 6) is 0.753. The van der Waals surface area contributed by atoms with Crippen LogP contribution in [-0.4, -0.2) is 49.2 Å². The predicted octanol–water partition coefficient (Wildman–Crippen LogP) is 1.40. The molecular weight excluding hydrogens is 228 g/mol. The molecule has 4 nitrogen and oxygen atoms in total. The molecule has 2 rings (SSSR count). The molecule has 1 amide bonds. The normalized spacial score (nSPS) is 33.4. The van der Waals surface area contributed by atoms with Crippen molar-refractivity contribution in [3.8, 4) is 0 Å². The van der Waals surface area contributed by atoms with Gasteiger partial charge in [-0.25, -0.2) is 0 Å². The van der Waals surface area contributed by atoms with E-state index in [0.717, 1.165) is 51.9 Å². The van der Waals surface area contributed by atoms with Crippen molar-refractivity contribution in [2.45, 2.75) is 51.7 Å². The number of hydrogen-bond donors (Lipinski definition) is 1. The minimum Gasteiger partial charge on any atom is -0.368 e. The van der Waals surface area contributed by atoms with E-state index in [-0.39, 0.29) is 12.0 Å². The van der Waals surface area contributed by atoms with E-state index in [1.807, 2.05) is 4.90 Å². The van der Waals surface area contributed by atoms with Gasteiger partial charge in [0.25, 0.3) is 5.91 Å².